The van der Waals surface area contributed by atoms with Gasteiger partial charge in [0.05, 0.1) is 20.1 Å². The summed E-state index contributed by atoms with van der Waals surface area (Å²) in [6.07, 6.45) is -1.53. The van der Waals surface area contributed by atoms with E-state index in [0.717, 1.165) is 0 Å². The number of hydrogen-bond donors (Lipinski definition) is 3. The van der Waals surface area contributed by atoms with E-state index in [-0.39, 0.29) is 18.9 Å². The van der Waals surface area contributed by atoms with E-state index in [1.165, 1.54) is 7.11 Å². The van der Waals surface area contributed by atoms with Gasteiger partial charge in [-0.05, 0) is 6.07 Å². The molecule has 1 rings (SSSR count). The number of para-hydroxylation sites is 1. The number of nitrogens with one attached hydrogen (secondary N) is 1. The number of amides is 1. The van der Waals surface area contributed by atoms with Gasteiger partial charge in [0, 0.05) is 5.56 Å². The van der Waals surface area contributed by atoms with E-state index in [4.69, 9.17) is 14.9 Å². The Morgan fingerprint density at radius 2 is 2.06 bits per heavy atom. The van der Waals surface area contributed by atoms with Gasteiger partial charge >= 0.3 is 5.97 Å². The third kappa shape index (κ3) is 4.06. The molecule has 1 atom stereocenters. The summed E-state index contributed by atoms with van der Waals surface area (Å²) in [7, 11) is 1.50. The number of carbonyl (C=O) groups excluding carboxylic acids is 1. The van der Waals surface area contributed by atoms with E-state index in [0.29, 0.717) is 11.3 Å². The van der Waals surface area contributed by atoms with Crippen LogP contribution in [0, 0.1) is 0 Å². The zero-order valence-corrected chi connectivity index (χ0v) is 9.92. The third-order valence-electron chi connectivity index (χ3n) is 2.32. The quantitative estimate of drug-likeness (QED) is 0.652. The number of carbonyl (C=O) groups is 2. The summed E-state index contributed by atoms with van der Waals surface area (Å²) in [6.45, 7) is -0.316. The molecular weight excluding hydrogens is 238 g/mol. The molecule has 3 N–H and O–H groups in total. The molecule has 0 aliphatic carbocycles. The van der Waals surface area contributed by atoms with Gasteiger partial charge in [-0.1, -0.05) is 18.2 Å². The lowest BCUT2D eigenvalue weighted by Crippen LogP contribution is -2.37. The summed E-state index contributed by atoms with van der Waals surface area (Å²) in [5.74, 6) is -1.15. The first kappa shape index (κ1) is 14.0. The molecule has 0 aliphatic rings. The van der Waals surface area contributed by atoms with E-state index < -0.39 is 12.1 Å². The molecule has 0 saturated heterocycles. The van der Waals surface area contributed by atoms with E-state index in [9.17, 15) is 9.59 Å². The highest BCUT2D eigenvalue weighted by atomic mass is 16.5. The minimum Gasteiger partial charge on any atom is -0.496 e. The highest BCUT2D eigenvalue weighted by molar-refractivity contribution is 5.80. The number of rotatable bonds is 6. The molecule has 1 amide bonds. The van der Waals surface area contributed by atoms with Crippen molar-refractivity contribution in [1.82, 2.24) is 5.32 Å². The second kappa shape index (κ2) is 6.61. The first-order valence-electron chi connectivity index (χ1n) is 5.34. The average Bonchev–Trinajstić information content (AvgIpc) is 2.36. The third-order valence-corrected chi connectivity index (χ3v) is 2.32. The summed E-state index contributed by atoms with van der Waals surface area (Å²) < 4.78 is 5.09. The van der Waals surface area contributed by atoms with Crippen LogP contribution in [0.3, 0.4) is 0 Å². The predicted octanol–water partition coefficient (Wildman–Crippen LogP) is -0.201. The van der Waals surface area contributed by atoms with Gasteiger partial charge in [0.2, 0.25) is 5.91 Å². The van der Waals surface area contributed by atoms with Crippen molar-refractivity contribution in [3.8, 4) is 5.75 Å². The van der Waals surface area contributed by atoms with Gasteiger partial charge in [0.1, 0.15) is 5.75 Å². The summed E-state index contributed by atoms with van der Waals surface area (Å²) in [4.78, 5) is 21.9. The lowest BCUT2D eigenvalue weighted by Gasteiger charge is -2.10. The summed E-state index contributed by atoms with van der Waals surface area (Å²) in [5.41, 5.74) is 0.697. The topological polar surface area (TPSA) is 95.9 Å². The smallest absolute Gasteiger partial charge is 0.334 e. The van der Waals surface area contributed by atoms with Gasteiger partial charge < -0.3 is 20.3 Å². The Morgan fingerprint density at radius 3 is 2.67 bits per heavy atom. The second-order valence-corrected chi connectivity index (χ2v) is 3.65. The van der Waals surface area contributed by atoms with Crippen molar-refractivity contribution >= 4 is 11.9 Å². The predicted molar refractivity (Wildman–Crippen MR) is 63.4 cm³/mol. The lowest BCUT2D eigenvalue weighted by molar-refractivity contribution is -0.146. The number of hydrogen-bond acceptors (Lipinski definition) is 4. The summed E-state index contributed by atoms with van der Waals surface area (Å²) >= 11 is 0. The van der Waals surface area contributed by atoms with E-state index >= 15 is 0 Å². The fraction of sp³-hybridized carbons (Fsp3) is 0.333. The number of aliphatic hydroxyl groups excluding tert-OH is 1. The first-order valence-corrected chi connectivity index (χ1v) is 5.34. The molecule has 18 heavy (non-hydrogen) atoms. The maximum absolute atomic E-state index is 11.5. The van der Waals surface area contributed by atoms with Crippen molar-refractivity contribution in [2.45, 2.75) is 12.5 Å². The zero-order valence-electron chi connectivity index (χ0n) is 9.92. The Labute approximate surface area is 104 Å². The number of carboxylic acids is 1. The maximum atomic E-state index is 11.5. The Bertz CT molecular complexity index is 432. The van der Waals surface area contributed by atoms with Crippen molar-refractivity contribution in [2.75, 3.05) is 13.7 Å². The molecule has 0 bridgehead atoms. The molecule has 0 unspecified atom stereocenters. The van der Waals surface area contributed by atoms with Crippen LogP contribution in [0.1, 0.15) is 5.56 Å². The first-order chi connectivity index (χ1) is 8.54. The molecule has 0 aromatic heterocycles. The number of aliphatic carboxylic acids is 1. The number of ether oxygens (including phenoxy) is 1. The largest absolute Gasteiger partial charge is 0.496 e. The molecule has 6 nitrogen and oxygen atoms in total. The van der Waals surface area contributed by atoms with Crippen molar-refractivity contribution in [1.29, 1.82) is 0 Å². The molecule has 0 fully saturated rings. The van der Waals surface area contributed by atoms with Gasteiger partial charge in [-0.25, -0.2) is 4.79 Å². The van der Waals surface area contributed by atoms with Crippen molar-refractivity contribution in [3.05, 3.63) is 29.8 Å². The van der Waals surface area contributed by atoms with Crippen molar-refractivity contribution in [2.24, 2.45) is 0 Å². The standard InChI is InChI=1S/C12H15NO5/c1-18-10-5-3-2-4-8(10)6-11(15)13-7-9(14)12(16)17/h2-5,9,14H,6-7H2,1H3,(H,13,15)(H,16,17)/t9-/m0/s1. The van der Waals surface area contributed by atoms with Crippen LogP contribution >= 0.6 is 0 Å². The molecular formula is C12H15NO5. The fourth-order valence-electron chi connectivity index (χ4n) is 1.38. The van der Waals surface area contributed by atoms with Crippen LogP contribution in [0.5, 0.6) is 5.75 Å². The normalized spacial score (nSPS) is 11.7. The molecule has 1 aromatic rings. The van der Waals surface area contributed by atoms with Crippen molar-refractivity contribution < 1.29 is 24.5 Å². The molecule has 0 spiro atoms. The highest BCUT2D eigenvalue weighted by Gasteiger charge is 2.14. The SMILES string of the molecule is COc1ccccc1CC(=O)NC[C@H](O)C(=O)O. The molecule has 0 heterocycles. The Kier molecular flexibility index (Phi) is 5.13. The van der Waals surface area contributed by atoms with Gasteiger partial charge in [-0.2, -0.15) is 0 Å². The molecule has 98 valence electrons. The maximum Gasteiger partial charge on any atom is 0.334 e. The van der Waals surface area contributed by atoms with E-state index in [1.54, 1.807) is 24.3 Å². The summed E-state index contributed by atoms with van der Waals surface area (Å²) in [5, 5.41) is 19.8. The highest BCUT2D eigenvalue weighted by Crippen LogP contribution is 2.17. The lowest BCUT2D eigenvalue weighted by atomic mass is 10.1. The van der Waals surface area contributed by atoms with Crippen LogP contribution in [0.2, 0.25) is 0 Å². The zero-order chi connectivity index (χ0) is 13.5. The van der Waals surface area contributed by atoms with Crippen LogP contribution in [0.25, 0.3) is 0 Å². The molecule has 0 radical (unpaired) electrons. The van der Waals surface area contributed by atoms with Gasteiger partial charge in [-0.15, -0.1) is 0 Å². The Morgan fingerprint density at radius 1 is 1.39 bits per heavy atom. The number of benzene rings is 1. The minimum atomic E-state index is -1.59. The second-order valence-electron chi connectivity index (χ2n) is 3.65. The van der Waals surface area contributed by atoms with Crippen LogP contribution in [0.15, 0.2) is 24.3 Å². The molecule has 0 aliphatic heterocycles. The number of methoxy groups -OCH3 is 1. The van der Waals surface area contributed by atoms with Crippen LogP contribution < -0.4 is 10.1 Å². The van der Waals surface area contributed by atoms with Gasteiger partial charge in [0.15, 0.2) is 6.10 Å². The Hall–Kier alpha value is -2.08. The van der Waals surface area contributed by atoms with Gasteiger partial charge in [-0.3, -0.25) is 4.79 Å². The van der Waals surface area contributed by atoms with Crippen LogP contribution in [0.4, 0.5) is 0 Å². The molecule has 0 saturated carbocycles. The number of aliphatic hydroxyl groups is 1. The molecule has 6 heteroatoms. The van der Waals surface area contributed by atoms with E-state index in [2.05, 4.69) is 5.32 Å². The van der Waals surface area contributed by atoms with Crippen LogP contribution in [-0.2, 0) is 16.0 Å². The molecule has 1 aromatic carbocycles. The summed E-state index contributed by atoms with van der Waals surface area (Å²) in [6, 6.07) is 7.03. The minimum absolute atomic E-state index is 0.0658. The Balaban J connectivity index is 2.52. The van der Waals surface area contributed by atoms with Gasteiger partial charge in [0.25, 0.3) is 0 Å². The van der Waals surface area contributed by atoms with Crippen LogP contribution in [-0.4, -0.2) is 41.8 Å². The number of carboxylic acid groups (broad SMARTS) is 1. The average molecular weight is 253 g/mol. The van der Waals surface area contributed by atoms with E-state index in [1.807, 2.05) is 0 Å². The fourth-order valence-corrected chi connectivity index (χ4v) is 1.38. The van der Waals surface area contributed by atoms with Crippen molar-refractivity contribution in [3.63, 3.8) is 0 Å². The monoisotopic (exact) mass is 253 g/mol.